The van der Waals surface area contributed by atoms with Gasteiger partial charge >= 0.3 is 0 Å². The Morgan fingerprint density at radius 3 is 2.59 bits per heavy atom. The van der Waals surface area contributed by atoms with E-state index in [9.17, 15) is 0 Å². The molecule has 0 amide bonds. The van der Waals surface area contributed by atoms with Crippen molar-refractivity contribution in [3.05, 3.63) is 77.5 Å². The Hall–Kier alpha value is -3.28. The SMILES string of the molecule is Cc1cc(C)n(-c2cccc(-c3cn([C@@H](C)c4ncccc4C)nn3)c2)n1. The van der Waals surface area contributed by atoms with E-state index in [1.54, 1.807) is 0 Å². The number of pyridine rings is 1. The highest BCUT2D eigenvalue weighted by molar-refractivity contribution is 5.61. The minimum atomic E-state index is 0.0200. The maximum absolute atomic E-state index is 4.57. The van der Waals surface area contributed by atoms with Crippen molar-refractivity contribution in [1.29, 1.82) is 0 Å². The van der Waals surface area contributed by atoms with Crippen molar-refractivity contribution in [2.75, 3.05) is 0 Å². The van der Waals surface area contributed by atoms with Crippen LogP contribution in [0.1, 0.15) is 35.6 Å². The third kappa shape index (κ3) is 3.26. The largest absolute Gasteiger partial charge is 0.259 e. The molecule has 6 heteroatoms. The summed E-state index contributed by atoms with van der Waals surface area (Å²) in [6.45, 7) is 8.20. The van der Waals surface area contributed by atoms with Crippen LogP contribution in [0.5, 0.6) is 0 Å². The first-order valence-electron chi connectivity index (χ1n) is 9.00. The molecule has 0 unspecified atom stereocenters. The third-order valence-corrected chi connectivity index (χ3v) is 4.75. The van der Waals surface area contributed by atoms with Gasteiger partial charge in [-0.05, 0) is 57.5 Å². The Kier molecular flexibility index (Phi) is 4.32. The summed E-state index contributed by atoms with van der Waals surface area (Å²) in [4.78, 5) is 4.50. The van der Waals surface area contributed by atoms with Crippen molar-refractivity contribution in [3.8, 4) is 16.9 Å². The molecular formula is C21H22N6. The molecule has 27 heavy (non-hydrogen) atoms. The molecule has 0 spiro atoms. The van der Waals surface area contributed by atoms with E-state index in [0.717, 1.165) is 39.6 Å². The van der Waals surface area contributed by atoms with Crippen LogP contribution < -0.4 is 0 Å². The molecule has 0 bridgehead atoms. The highest BCUT2D eigenvalue weighted by atomic mass is 15.4. The molecule has 0 saturated heterocycles. The van der Waals surface area contributed by atoms with Crippen molar-refractivity contribution < 1.29 is 0 Å². The van der Waals surface area contributed by atoms with Crippen LogP contribution in [-0.2, 0) is 0 Å². The van der Waals surface area contributed by atoms with Crippen LogP contribution >= 0.6 is 0 Å². The van der Waals surface area contributed by atoms with Crippen molar-refractivity contribution in [2.24, 2.45) is 0 Å². The summed E-state index contributed by atoms with van der Waals surface area (Å²) in [6, 6.07) is 14.3. The number of rotatable bonds is 4. The zero-order valence-electron chi connectivity index (χ0n) is 16.0. The van der Waals surface area contributed by atoms with Crippen LogP contribution in [0.15, 0.2) is 54.9 Å². The normalized spacial score (nSPS) is 12.3. The van der Waals surface area contributed by atoms with E-state index in [2.05, 4.69) is 59.4 Å². The summed E-state index contributed by atoms with van der Waals surface area (Å²) >= 11 is 0. The number of hydrogen-bond donors (Lipinski definition) is 0. The topological polar surface area (TPSA) is 61.4 Å². The van der Waals surface area contributed by atoms with Crippen LogP contribution in [0.25, 0.3) is 16.9 Å². The fraction of sp³-hybridized carbons (Fsp3) is 0.238. The molecule has 4 aromatic rings. The van der Waals surface area contributed by atoms with Gasteiger partial charge in [-0.1, -0.05) is 23.4 Å². The van der Waals surface area contributed by atoms with Gasteiger partial charge in [0.15, 0.2) is 0 Å². The lowest BCUT2D eigenvalue weighted by Gasteiger charge is -2.12. The Morgan fingerprint density at radius 2 is 1.85 bits per heavy atom. The smallest absolute Gasteiger partial charge is 0.113 e. The first-order chi connectivity index (χ1) is 13.0. The molecule has 0 fully saturated rings. The molecule has 3 aromatic heterocycles. The summed E-state index contributed by atoms with van der Waals surface area (Å²) in [5.74, 6) is 0. The molecule has 0 aliphatic rings. The summed E-state index contributed by atoms with van der Waals surface area (Å²) < 4.78 is 3.81. The van der Waals surface area contributed by atoms with Gasteiger partial charge in [-0.2, -0.15) is 5.10 Å². The van der Waals surface area contributed by atoms with Gasteiger partial charge in [0.1, 0.15) is 5.69 Å². The van der Waals surface area contributed by atoms with E-state index in [1.165, 1.54) is 0 Å². The Morgan fingerprint density at radius 1 is 1.00 bits per heavy atom. The zero-order valence-corrected chi connectivity index (χ0v) is 16.0. The Bertz CT molecular complexity index is 1090. The molecule has 136 valence electrons. The molecule has 0 N–H and O–H groups in total. The van der Waals surface area contributed by atoms with E-state index >= 15 is 0 Å². The Balaban J connectivity index is 1.67. The third-order valence-electron chi connectivity index (χ3n) is 4.75. The van der Waals surface area contributed by atoms with E-state index < -0.39 is 0 Å². The molecule has 0 aliphatic carbocycles. The van der Waals surface area contributed by atoms with Gasteiger partial charge in [0.05, 0.1) is 29.3 Å². The van der Waals surface area contributed by atoms with Crippen LogP contribution in [-0.4, -0.2) is 29.8 Å². The lowest BCUT2D eigenvalue weighted by Crippen LogP contribution is -2.10. The quantitative estimate of drug-likeness (QED) is 0.552. The molecule has 0 saturated carbocycles. The standard InChI is InChI=1S/C21H22N6/c1-14-7-6-10-22-21(14)17(4)26-13-20(23-25-26)18-8-5-9-19(12-18)27-16(3)11-15(2)24-27/h5-13,17H,1-4H3/t17-/m0/s1. The van der Waals surface area contributed by atoms with Gasteiger partial charge < -0.3 is 0 Å². The first-order valence-corrected chi connectivity index (χ1v) is 9.00. The molecule has 0 radical (unpaired) electrons. The second-order valence-corrected chi connectivity index (χ2v) is 6.85. The van der Waals surface area contributed by atoms with Gasteiger partial charge in [0.25, 0.3) is 0 Å². The lowest BCUT2D eigenvalue weighted by atomic mass is 10.1. The van der Waals surface area contributed by atoms with Crippen molar-refractivity contribution in [3.63, 3.8) is 0 Å². The summed E-state index contributed by atoms with van der Waals surface area (Å²) in [6.07, 6.45) is 3.79. The predicted molar refractivity (Wildman–Crippen MR) is 105 cm³/mol. The van der Waals surface area contributed by atoms with E-state index in [0.29, 0.717) is 0 Å². The van der Waals surface area contributed by atoms with Gasteiger partial charge in [-0.15, -0.1) is 5.10 Å². The van der Waals surface area contributed by atoms with E-state index in [-0.39, 0.29) is 6.04 Å². The van der Waals surface area contributed by atoms with Crippen LogP contribution in [0.3, 0.4) is 0 Å². The van der Waals surface area contributed by atoms with Gasteiger partial charge in [0.2, 0.25) is 0 Å². The average Bonchev–Trinajstić information content (AvgIpc) is 3.28. The number of aryl methyl sites for hydroxylation is 3. The molecule has 6 nitrogen and oxygen atoms in total. The van der Waals surface area contributed by atoms with Crippen LogP contribution in [0.4, 0.5) is 0 Å². The fourth-order valence-corrected chi connectivity index (χ4v) is 3.35. The lowest BCUT2D eigenvalue weighted by molar-refractivity contribution is 0.529. The zero-order chi connectivity index (χ0) is 19.0. The summed E-state index contributed by atoms with van der Waals surface area (Å²) in [7, 11) is 0. The number of nitrogens with zero attached hydrogens (tertiary/aromatic N) is 6. The maximum atomic E-state index is 4.57. The summed E-state index contributed by atoms with van der Waals surface area (Å²) in [5, 5.41) is 13.3. The number of hydrogen-bond acceptors (Lipinski definition) is 4. The minimum absolute atomic E-state index is 0.0200. The van der Waals surface area contributed by atoms with Gasteiger partial charge in [-0.3, -0.25) is 4.98 Å². The molecule has 1 atom stereocenters. The van der Waals surface area contributed by atoms with Gasteiger partial charge in [-0.25, -0.2) is 9.36 Å². The molecule has 0 aliphatic heterocycles. The second-order valence-electron chi connectivity index (χ2n) is 6.85. The number of benzene rings is 1. The molecular weight excluding hydrogens is 336 g/mol. The van der Waals surface area contributed by atoms with Crippen LogP contribution in [0.2, 0.25) is 0 Å². The highest BCUT2D eigenvalue weighted by Crippen LogP contribution is 2.24. The monoisotopic (exact) mass is 358 g/mol. The maximum Gasteiger partial charge on any atom is 0.113 e. The number of aromatic nitrogens is 6. The highest BCUT2D eigenvalue weighted by Gasteiger charge is 2.15. The second kappa shape index (κ2) is 6.79. The van der Waals surface area contributed by atoms with Crippen molar-refractivity contribution in [1.82, 2.24) is 29.8 Å². The molecule has 1 aromatic carbocycles. The van der Waals surface area contributed by atoms with Crippen molar-refractivity contribution >= 4 is 0 Å². The minimum Gasteiger partial charge on any atom is -0.259 e. The van der Waals surface area contributed by atoms with E-state index in [1.807, 2.05) is 52.9 Å². The van der Waals surface area contributed by atoms with Crippen LogP contribution in [0, 0.1) is 20.8 Å². The van der Waals surface area contributed by atoms with Gasteiger partial charge in [0, 0.05) is 17.5 Å². The van der Waals surface area contributed by atoms with Crippen molar-refractivity contribution in [2.45, 2.75) is 33.7 Å². The Labute approximate surface area is 158 Å². The average molecular weight is 358 g/mol. The summed E-state index contributed by atoms with van der Waals surface area (Å²) in [5.41, 5.74) is 7.12. The first kappa shape index (κ1) is 17.1. The predicted octanol–water partition coefficient (Wildman–Crippen LogP) is 4.06. The molecule has 4 rings (SSSR count). The molecule has 3 heterocycles. The fourth-order valence-electron chi connectivity index (χ4n) is 3.35. The van der Waals surface area contributed by atoms with E-state index in [4.69, 9.17) is 0 Å².